The molecule has 0 spiro atoms. The largest absolute Gasteiger partial charge is 0.465 e. The van der Waals surface area contributed by atoms with Crippen LogP contribution in [-0.4, -0.2) is 60.5 Å². The van der Waals surface area contributed by atoms with Crippen molar-refractivity contribution < 1.29 is 43.2 Å². The minimum atomic E-state index is -2.18. The quantitative estimate of drug-likeness (QED) is 0.467. The Bertz CT molecular complexity index is 602. The first kappa shape index (κ1) is 24.0. The van der Waals surface area contributed by atoms with Crippen LogP contribution in [0.4, 0.5) is 0 Å². The lowest BCUT2D eigenvalue weighted by atomic mass is 9.73. The van der Waals surface area contributed by atoms with Crippen LogP contribution >= 0.6 is 0 Å². The molecule has 1 N–H and O–H groups in total. The van der Waals surface area contributed by atoms with Gasteiger partial charge in [-0.25, -0.2) is 4.79 Å². The lowest BCUT2D eigenvalue weighted by molar-refractivity contribution is -0.290. The van der Waals surface area contributed by atoms with Gasteiger partial charge in [-0.1, -0.05) is 13.8 Å². The molecule has 0 bridgehead atoms. The number of Topliss-reactive ketones (excluding diaryl/α,β-unsaturated/α-hetero) is 1. The number of carbonyl (C=O) groups excluding carboxylic acids is 4. The van der Waals surface area contributed by atoms with Gasteiger partial charge in [0.1, 0.15) is 18.5 Å². The number of ether oxygens (including phenoxy) is 4. The number of rotatable bonds is 8. The van der Waals surface area contributed by atoms with Gasteiger partial charge < -0.3 is 28.8 Å². The maximum absolute atomic E-state index is 12.1. The van der Waals surface area contributed by atoms with E-state index in [0.717, 1.165) is 7.11 Å². The molecule has 1 fully saturated rings. The average Bonchev–Trinajstić information content (AvgIpc) is 2.58. The molecule has 0 aliphatic carbocycles. The molecule has 160 valence electrons. The van der Waals surface area contributed by atoms with Gasteiger partial charge in [-0.05, 0) is 18.8 Å². The van der Waals surface area contributed by atoms with E-state index in [-0.39, 0.29) is 37.1 Å². The molecule has 1 unspecified atom stereocenters. The summed E-state index contributed by atoms with van der Waals surface area (Å²) in [4.78, 5) is 46.5. The van der Waals surface area contributed by atoms with Crippen molar-refractivity contribution in [2.24, 2.45) is 17.8 Å². The third kappa shape index (κ3) is 6.27. The van der Waals surface area contributed by atoms with E-state index < -0.39 is 41.8 Å². The van der Waals surface area contributed by atoms with Crippen molar-refractivity contribution in [1.29, 1.82) is 0 Å². The van der Waals surface area contributed by atoms with Crippen molar-refractivity contribution in [1.82, 2.24) is 0 Å². The van der Waals surface area contributed by atoms with Gasteiger partial charge in [0.05, 0.1) is 13.2 Å². The van der Waals surface area contributed by atoms with E-state index in [1.165, 1.54) is 20.8 Å². The van der Waals surface area contributed by atoms with Crippen molar-refractivity contribution >= 4 is 23.7 Å². The summed E-state index contributed by atoms with van der Waals surface area (Å²) >= 11 is 0. The summed E-state index contributed by atoms with van der Waals surface area (Å²) in [5.41, 5.74) is 0. The molecule has 28 heavy (non-hydrogen) atoms. The molecule has 1 rings (SSSR count). The second-order valence-corrected chi connectivity index (χ2v) is 7.42. The number of esters is 3. The summed E-state index contributed by atoms with van der Waals surface area (Å²) in [6, 6.07) is 0. The van der Waals surface area contributed by atoms with Crippen molar-refractivity contribution in [2.45, 2.75) is 65.5 Å². The molecule has 0 aromatic rings. The summed E-state index contributed by atoms with van der Waals surface area (Å²) in [6.45, 7) is 7.16. The second-order valence-electron chi connectivity index (χ2n) is 7.42. The van der Waals surface area contributed by atoms with E-state index >= 15 is 0 Å². The van der Waals surface area contributed by atoms with Crippen LogP contribution in [0.2, 0.25) is 0 Å². The number of ketones is 1. The highest BCUT2D eigenvalue weighted by Crippen LogP contribution is 2.42. The molecule has 9 heteroatoms. The predicted octanol–water partition coefficient (Wildman–Crippen LogP) is 0.999. The normalized spacial score (nSPS) is 29.3. The Morgan fingerprint density at radius 2 is 1.79 bits per heavy atom. The smallest absolute Gasteiger partial charge is 0.366 e. The lowest BCUT2D eigenvalue weighted by Gasteiger charge is -2.46. The van der Waals surface area contributed by atoms with Gasteiger partial charge in [-0.3, -0.25) is 9.59 Å². The van der Waals surface area contributed by atoms with E-state index in [1.807, 2.05) is 0 Å². The van der Waals surface area contributed by atoms with Gasteiger partial charge in [-0.2, -0.15) is 0 Å². The Labute approximate surface area is 164 Å². The fourth-order valence-electron chi connectivity index (χ4n) is 3.63. The molecule has 0 aromatic heterocycles. The number of carbonyl (C=O) groups is 4. The summed E-state index contributed by atoms with van der Waals surface area (Å²) in [7, 11) is 1.14. The molecule has 1 aliphatic rings. The van der Waals surface area contributed by atoms with E-state index in [0.29, 0.717) is 0 Å². The zero-order valence-corrected chi connectivity index (χ0v) is 17.2. The first-order valence-electron chi connectivity index (χ1n) is 9.19. The van der Waals surface area contributed by atoms with Crippen LogP contribution < -0.4 is 0 Å². The first-order valence-corrected chi connectivity index (χ1v) is 9.19. The van der Waals surface area contributed by atoms with Crippen molar-refractivity contribution in [2.75, 3.05) is 13.7 Å². The van der Waals surface area contributed by atoms with Gasteiger partial charge in [0, 0.05) is 32.6 Å². The third-order valence-electron chi connectivity index (χ3n) is 4.98. The number of aliphatic hydroxyl groups is 1. The zero-order valence-electron chi connectivity index (χ0n) is 17.2. The molecule has 6 atom stereocenters. The van der Waals surface area contributed by atoms with Crippen LogP contribution in [0.25, 0.3) is 0 Å². The number of hydrogen-bond acceptors (Lipinski definition) is 9. The van der Waals surface area contributed by atoms with Gasteiger partial charge in [0.15, 0.2) is 0 Å². The molecular weight excluding hydrogens is 372 g/mol. The average molecular weight is 402 g/mol. The maximum Gasteiger partial charge on any atom is 0.366 e. The Morgan fingerprint density at radius 1 is 1.18 bits per heavy atom. The van der Waals surface area contributed by atoms with E-state index in [1.54, 1.807) is 13.8 Å². The van der Waals surface area contributed by atoms with Crippen molar-refractivity contribution in [3.63, 3.8) is 0 Å². The van der Waals surface area contributed by atoms with Crippen LogP contribution in [0, 0.1) is 17.8 Å². The minimum absolute atomic E-state index is 0.0387. The Hall–Kier alpha value is -2.00. The molecule has 1 heterocycles. The van der Waals surface area contributed by atoms with Gasteiger partial charge >= 0.3 is 17.9 Å². The third-order valence-corrected chi connectivity index (χ3v) is 4.98. The minimum Gasteiger partial charge on any atom is -0.465 e. The number of methoxy groups -OCH3 is 1. The summed E-state index contributed by atoms with van der Waals surface area (Å²) < 4.78 is 20.7. The van der Waals surface area contributed by atoms with E-state index in [9.17, 15) is 24.3 Å². The molecule has 9 nitrogen and oxygen atoms in total. The SMILES string of the molecule is COC(=O)[C@@]1(O)C[C@H](C)[C@@H](CC(C)=O)C([C@H](C)[C@@H](COC(C)=O)OC(C)=O)O1. The van der Waals surface area contributed by atoms with Crippen LogP contribution in [0.3, 0.4) is 0 Å². The highest BCUT2D eigenvalue weighted by molar-refractivity contribution is 5.78. The summed E-state index contributed by atoms with van der Waals surface area (Å²) in [6.07, 6.45) is -1.58. The molecule has 1 saturated heterocycles. The molecule has 0 radical (unpaired) electrons. The Balaban J connectivity index is 3.21. The van der Waals surface area contributed by atoms with Gasteiger partial charge in [-0.15, -0.1) is 0 Å². The van der Waals surface area contributed by atoms with Crippen molar-refractivity contribution in [3.8, 4) is 0 Å². The van der Waals surface area contributed by atoms with Crippen molar-refractivity contribution in [3.05, 3.63) is 0 Å². The molecular formula is C19H30O9. The van der Waals surface area contributed by atoms with Gasteiger partial charge in [0.2, 0.25) is 0 Å². The monoisotopic (exact) mass is 402 g/mol. The Morgan fingerprint density at radius 3 is 2.25 bits per heavy atom. The van der Waals surface area contributed by atoms with Crippen LogP contribution in [-0.2, 0) is 38.1 Å². The Kier molecular flexibility index (Phi) is 8.56. The van der Waals surface area contributed by atoms with Crippen LogP contribution in [0.5, 0.6) is 0 Å². The molecule has 0 aromatic carbocycles. The van der Waals surface area contributed by atoms with E-state index in [2.05, 4.69) is 4.74 Å². The fraction of sp³-hybridized carbons (Fsp3) is 0.789. The fourth-order valence-corrected chi connectivity index (χ4v) is 3.63. The number of hydrogen-bond donors (Lipinski definition) is 1. The molecule has 1 aliphatic heterocycles. The maximum atomic E-state index is 12.1. The molecule has 0 amide bonds. The van der Waals surface area contributed by atoms with Gasteiger partial charge in [0.25, 0.3) is 5.79 Å². The highest BCUT2D eigenvalue weighted by atomic mass is 16.7. The van der Waals surface area contributed by atoms with Crippen LogP contribution in [0.1, 0.15) is 47.5 Å². The second kappa shape index (κ2) is 9.97. The predicted molar refractivity (Wildman–Crippen MR) is 95.8 cm³/mol. The van der Waals surface area contributed by atoms with E-state index in [4.69, 9.17) is 14.2 Å². The zero-order chi connectivity index (χ0) is 21.6. The summed E-state index contributed by atoms with van der Waals surface area (Å²) in [5, 5.41) is 10.7. The molecule has 0 saturated carbocycles. The summed E-state index contributed by atoms with van der Waals surface area (Å²) in [5.74, 6) is -5.53. The standard InChI is InChI=1S/C19H30O9/c1-10-8-19(24,18(23)25-6)28-17(15(10)7-11(2)20)12(3)16(27-14(5)22)9-26-13(4)21/h10,12,15-17,24H,7-9H2,1-6H3/t10-,12+,15+,16+,17?,19+/m0/s1. The first-order chi connectivity index (χ1) is 12.9. The highest BCUT2D eigenvalue weighted by Gasteiger charge is 2.52. The van der Waals surface area contributed by atoms with Crippen LogP contribution in [0.15, 0.2) is 0 Å². The topological polar surface area (TPSA) is 125 Å². The lowest BCUT2D eigenvalue weighted by Crippen LogP contribution is -2.57.